The second-order valence-electron chi connectivity index (χ2n) is 4.41. The second-order valence-corrected chi connectivity index (χ2v) is 6.99. The third-order valence-electron chi connectivity index (χ3n) is 2.57. The van der Waals surface area contributed by atoms with Gasteiger partial charge in [0.25, 0.3) is 0 Å². The first-order valence-electron chi connectivity index (χ1n) is 5.91. The third-order valence-corrected chi connectivity index (χ3v) is 5.03. The molecular formula is C12H20N2O2S2. The maximum atomic E-state index is 11.9. The van der Waals surface area contributed by atoms with E-state index in [9.17, 15) is 4.79 Å². The van der Waals surface area contributed by atoms with Crippen LogP contribution in [-0.4, -0.2) is 33.6 Å². The number of aromatic nitrogens is 1. The Labute approximate surface area is 116 Å². The summed E-state index contributed by atoms with van der Waals surface area (Å²) in [5.41, 5.74) is 0.963. The third kappa shape index (κ3) is 4.59. The number of thioether (sulfide) groups is 1. The van der Waals surface area contributed by atoms with Crippen molar-refractivity contribution in [2.45, 2.75) is 32.9 Å². The number of rotatable bonds is 6. The van der Waals surface area contributed by atoms with E-state index >= 15 is 0 Å². The number of nitrogens with one attached hydrogen (secondary N) is 1. The van der Waals surface area contributed by atoms with E-state index in [1.807, 2.05) is 27.7 Å². The van der Waals surface area contributed by atoms with Crippen LogP contribution in [0.1, 0.15) is 24.4 Å². The zero-order valence-corrected chi connectivity index (χ0v) is 12.8. The van der Waals surface area contributed by atoms with Crippen molar-refractivity contribution in [3.8, 4) is 0 Å². The molecule has 102 valence electrons. The fourth-order valence-corrected chi connectivity index (χ4v) is 2.92. The fourth-order valence-electron chi connectivity index (χ4n) is 1.17. The van der Waals surface area contributed by atoms with Crippen LogP contribution in [0, 0.1) is 19.8 Å². The summed E-state index contributed by atoms with van der Waals surface area (Å²) in [6, 6.07) is 0. The molecule has 0 spiro atoms. The monoisotopic (exact) mass is 288 g/mol. The van der Waals surface area contributed by atoms with E-state index in [4.69, 9.17) is 5.11 Å². The van der Waals surface area contributed by atoms with Crippen LogP contribution in [0.3, 0.4) is 0 Å². The van der Waals surface area contributed by atoms with Crippen molar-refractivity contribution >= 4 is 34.1 Å². The van der Waals surface area contributed by atoms with Gasteiger partial charge >= 0.3 is 0 Å². The summed E-state index contributed by atoms with van der Waals surface area (Å²) >= 11 is 3.05. The maximum absolute atomic E-state index is 11.9. The number of hydrogen-bond donors (Lipinski definition) is 2. The van der Waals surface area contributed by atoms with E-state index < -0.39 is 0 Å². The topological polar surface area (TPSA) is 62.2 Å². The van der Waals surface area contributed by atoms with Crippen molar-refractivity contribution < 1.29 is 9.90 Å². The molecule has 2 atom stereocenters. The van der Waals surface area contributed by atoms with Gasteiger partial charge in [-0.05, 0) is 32.4 Å². The summed E-state index contributed by atoms with van der Waals surface area (Å²) in [5.74, 6) is 0.967. The van der Waals surface area contributed by atoms with Crippen molar-refractivity contribution in [1.29, 1.82) is 0 Å². The van der Waals surface area contributed by atoms with E-state index in [1.165, 1.54) is 11.3 Å². The Morgan fingerprint density at radius 1 is 1.50 bits per heavy atom. The Kier molecular flexibility index (Phi) is 6.11. The molecule has 0 unspecified atom stereocenters. The highest BCUT2D eigenvalue weighted by Gasteiger charge is 2.16. The van der Waals surface area contributed by atoms with Gasteiger partial charge in [-0.2, -0.15) is 0 Å². The molecule has 0 radical (unpaired) electrons. The summed E-state index contributed by atoms with van der Waals surface area (Å²) in [6.45, 7) is 7.92. The van der Waals surface area contributed by atoms with Gasteiger partial charge in [-0.25, -0.2) is 4.98 Å². The minimum atomic E-state index is -0.136. The molecule has 1 amide bonds. The lowest BCUT2D eigenvalue weighted by molar-refractivity contribution is -0.115. The van der Waals surface area contributed by atoms with Gasteiger partial charge in [0, 0.05) is 11.5 Å². The summed E-state index contributed by atoms with van der Waals surface area (Å²) in [5, 5.41) is 12.3. The second kappa shape index (κ2) is 7.11. The quantitative estimate of drug-likeness (QED) is 0.844. The van der Waals surface area contributed by atoms with E-state index in [0.717, 1.165) is 16.3 Å². The van der Waals surface area contributed by atoms with Crippen molar-refractivity contribution in [2.24, 2.45) is 5.92 Å². The Balaban J connectivity index is 2.44. The van der Waals surface area contributed by atoms with Gasteiger partial charge in [0.15, 0.2) is 5.13 Å². The van der Waals surface area contributed by atoms with Gasteiger partial charge in [-0.15, -0.1) is 23.1 Å². The number of aryl methyl sites for hydroxylation is 2. The van der Waals surface area contributed by atoms with Crippen LogP contribution in [0.15, 0.2) is 0 Å². The van der Waals surface area contributed by atoms with E-state index in [2.05, 4.69) is 10.3 Å². The molecule has 0 aliphatic carbocycles. The Hall–Kier alpha value is -0.590. The number of carbonyl (C=O) groups excluding carboxylic acids is 1. The van der Waals surface area contributed by atoms with Crippen molar-refractivity contribution in [3.05, 3.63) is 10.6 Å². The first-order chi connectivity index (χ1) is 8.43. The van der Waals surface area contributed by atoms with Crippen LogP contribution in [-0.2, 0) is 4.79 Å². The summed E-state index contributed by atoms with van der Waals surface area (Å²) < 4.78 is 0. The van der Waals surface area contributed by atoms with Crippen LogP contribution in [0.25, 0.3) is 0 Å². The molecule has 1 aromatic rings. The average Bonchev–Trinajstić information content (AvgIpc) is 2.64. The normalized spacial score (nSPS) is 14.3. The standard InChI is InChI=1S/C12H20N2O2S2/c1-7(5-15)6-17-10(4)11(16)14-12-13-8(2)9(3)18-12/h7,10,15H,5-6H2,1-4H3,(H,13,14,16)/t7-,10-/m0/s1. The highest BCUT2D eigenvalue weighted by atomic mass is 32.2. The van der Waals surface area contributed by atoms with E-state index in [-0.39, 0.29) is 23.7 Å². The molecular weight excluding hydrogens is 268 g/mol. The molecule has 1 heterocycles. The zero-order chi connectivity index (χ0) is 13.7. The molecule has 0 aliphatic heterocycles. The number of carbonyl (C=O) groups is 1. The molecule has 0 saturated carbocycles. The highest BCUT2D eigenvalue weighted by molar-refractivity contribution is 8.00. The molecule has 1 rings (SSSR count). The number of aliphatic hydroxyl groups is 1. The zero-order valence-electron chi connectivity index (χ0n) is 11.2. The van der Waals surface area contributed by atoms with Crippen LogP contribution in [0.2, 0.25) is 0 Å². The minimum Gasteiger partial charge on any atom is -0.396 e. The molecule has 0 saturated heterocycles. The lowest BCUT2D eigenvalue weighted by atomic mass is 10.2. The largest absolute Gasteiger partial charge is 0.396 e. The van der Waals surface area contributed by atoms with Gasteiger partial charge in [0.2, 0.25) is 5.91 Å². The van der Waals surface area contributed by atoms with Gasteiger partial charge < -0.3 is 10.4 Å². The van der Waals surface area contributed by atoms with Crippen molar-refractivity contribution in [2.75, 3.05) is 17.7 Å². The van der Waals surface area contributed by atoms with Gasteiger partial charge in [0.05, 0.1) is 10.9 Å². The molecule has 18 heavy (non-hydrogen) atoms. The smallest absolute Gasteiger partial charge is 0.238 e. The molecule has 0 aliphatic rings. The highest BCUT2D eigenvalue weighted by Crippen LogP contribution is 2.22. The molecule has 6 heteroatoms. The van der Waals surface area contributed by atoms with E-state index in [0.29, 0.717) is 5.13 Å². The van der Waals surface area contributed by atoms with Crippen LogP contribution < -0.4 is 5.32 Å². The Morgan fingerprint density at radius 3 is 2.67 bits per heavy atom. The number of nitrogens with zero attached hydrogens (tertiary/aromatic N) is 1. The minimum absolute atomic E-state index is 0.0288. The first kappa shape index (κ1) is 15.5. The molecule has 1 aromatic heterocycles. The first-order valence-corrected chi connectivity index (χ1v) is 7.78. The van der Waals surface area contributed by atoms with Crippen LogP contribution >= 0.6 is 23.1 Å². The predicted molar refractivity (Wildman–Crippen MR) is 78.4 cm³/mol. The SMILES string of the molecule is Cc1nc(NC(=O)[C@H](C)SC[C@@H](C)CO)sc1C. The van der Waals surface area contributed by atoms with Crippen LogP contribution in [0.5, 0.6) is 0 Å². The number of hydrogen-bond acceptors (Lipinski definition) is 5. The summed E-state index contributed by atoms with van der Waals surface area (Å²) in [4.78, 5) is 17.3. The van der Waals surface area contributed by atoms with E-state index in [1.54, 1.807) is 11.8 Å². The summed E-state index contributed by atoms with van der Waals surface area (Å²) in [7, 11) is 0. The Bertz CT molecular complexity index is 387. The lowest BCUT2D eigenvalue weighted by Crippen LogP contribution is -2.23. The molecule has 4 nitrogen and oxygen atoms in total. The molecule has 2 N–H and O–H groups in total. The number of thiazole rings is 1. The number of anilines is 1. The number of aliphatic hydroxyl groups excluding tert-OH is 1. The Morgan fingerprint density at radius 2 is 2.17 bits per heavy atom. The van der Waals surface area contributed by atoms with Crippen molar-refractivity contribution in [1.82, 2.24) is 4.98 Å². The average molecular weight is 288 g/mol. The van der Waals surface area contributed by atoms with Crippen molar-refractivity contribution in [3.63, 3.8) is 0 Å². The molecule has 0 bridgehead atoms. The molecule has 0 aromatic carbocycles. The summed E-state index contributed by atoms with van der Waals surface area (Å²) in [6.07, 6.45) is 0. The van der Waals surface area contributed by atoms with Gasteiger partial charge in [-0.1, -0.05) is 6.92 Å². The fraction of sp³-hybridized carbons (Fsp3) is 0.667. The molecule has 0 fully saturated rings. The predicted octanol–water partition coefficient (Wildman–Crippen LogP) is 2.45. The maximum Gasteiger partial charge on any atom is 0.238 e. The number of amides is 1. The van der Waals surface area contributed by atoms with Gasteiger partial charge in [0.1, 0.15) is 0 Å². The lowest BCUT2D eigenvalue weighted by Gasteiger charge is -2.12. The van der Waals surface area contributed by atoms with Crippen LogP contribution in [0.4, 0.5) is 5.13 Å². The van der Waals surface area contributed by atoms with Gasteiger partial charge in [-0.3, -0.25) is 4.79 Å².